The van der Waals surface area contributed by atoms with E-state index in [1.165, 1.54) is 27.5 Å². The van der Waals surface area contributed by atoms with Gasteiger partial charge in [0.05, 0.1) is 27.5 Å². The maximum absolute atomic E-state index is 10.1. The van der Waals surface area contributed by atoms with Gasteiger partial charge in [0.2, 0.25) is 11.6 Å². The van der Waals surface area contributed by atoms with Crippen LogP contribution in [0.2, 0.25) is 0 Å². The Bertz CT molecular complexity index is 956. The quantitative estimate of drug-likeness (QED) is 0.664. The zero-order valence-corrected chi connectivity index (χ0v) is 15.4. The van der Waals surface area contributed by atoms with E-state index in [2.05, 4.69) is 15.0 Å². The molecule has 3 rings (SSSR count). The van der Waals surface area contributed by atoms with Crippen LogP contribution in [0.15, 0.2) is 39.9 Å². The van der Waals surface area contributed by atoms with Gasteiger partial charge in [-0.2, -0.15) is 0 Å². The number of benzene rings is 1. The molecule has 0 amide bonds. The van der Waals surface area contributed by atoms with E-state index in [9.17, 15) is 5.11 Å². The molecular weight excluding hydrogens is 350 g/mol. The number of ether oxygens (including phenoxy) is 3. The van der Waals surface area contributed by atoms with E-state index in [0.717, 1.165) is 5.56 Å². The topological polar surface area (TPSA) is 99.2 Å². The number of aromatic nitrogens is 2. The Hall–Kier alpha value is -3.55. The number of aromatic hydroxyl groups is 1. The molecule has 0 aliphatic carbocycles. The van der Waals surface area contributed by atoms with Crippen LogP contribution in [0.1, 0.15) is 11.3 Å². The molecule has 27 heavy (non-hydrogen) atoms. The Morgan fingerprint density at radius 1 is 1.07 bits per heavy atom. The van der Waals surface area contributed by atoms with Gasteiger partial charge in [-0.25, -0.2) is 15.0 Å². The van der Waals surface area contributed by atoms with Gasteiger partial charge in [0, 0.05) is 11.8 Å². The molecule has 0 unspecified atom stereocenters. The van der Waals surface area contributed by atoms with Crippen LogP contribution in [0.3, 0.4) is 0 Å². The van der Waals surface area contributed by atoms with Gasteiger partial charge in [-0.3, -0.25) is 0 Å². The van der Waals surface area contributed by atoms with Gasteiger partial charge in [0.25, 0.3) is 0 Å². The van der Waals surface area contributed by atoms with Gasteiger partial charge in [-0.15, -0.1) is 0 Å². The summed E-state index contributed by atoms with van der Waals surface area (Å²) in [4.78, 5) is 12.6. The molecule has 8 nitrogen and oxygen atoms in total. The Labute approximate surface area is 156 Å². The van der Waals surface area contributed by atoms with Crippen molar-refractivity contribution in [2.24, 2.45) is 4.99 Å². The molecule has 0 radical (unpaired) electrons. The standard InChI is InChI=1S/C19H19N3O5/c1-11-5-6-20-16(7-11)21-10-13-19(23)27-18(22-13)12-8-14(24-2)17(26-4)15(9-12)25-3/h5-10,23H,1-4H3. The summed E-state index contributed by atoms with van der Waals surface area (Å²) in [5.41, 5.74) is 1.76. The Morgan fingerprint density at radius 3 is 2.37 bits per heavy atom. The van der Waals surface area contributed by atoms with E-state index in [4.69, 9.17) is 18.6 Å². The molecule has 0 bridgehead atoms. The van der Waals surface area contributed by atoms with Crippen molar-refractivity contribution in [2.45, 2.75) is 6.92 Å². The number of pyridine rings is 1. The molecule has 1 aromatic carbocycles. The second kappa shape index (κ2) is 7.77. The lowest BCUT2D eigenvalue weighted by molar-refractivity contribution is 0.323. The number of rotatable bonds is 6. The van der Waals surface area contributed by atoms with Gasteiger partial charge in [-0.1, -0.05) is 0 Å². The lowest BCUT2D eigenvalue weighted by Gasteiger charge is -2.12. The molecule has 8 heteroatoms. The molecule has 0 saturated carbocycles. The minimum Gasteiger partial charge on any atom is -0.493 e. The second-order valence-electron chi connectivity index (χ2n) is 5.57. The Balaban J connectivity index is 1.96. The molecule has 3 aromatic rings. The summed E-state index contributed by atoms with van der Waals surface area (Å²) in [7, 11) is 4.55. The van der Waals surface area contributed by atoms with Crippen LogP contribution in [0.5, 0.6) is 23.2 Å². The lowest BCUT2D eigenvalue weighted by atomic mass is 10.2. The highest BCUT2D eigenvalue weighted by molar-refractivity contribution is 5.82. The first-order valence-corrected chi connectivity index (χ1v) is 8.02. The van der Waals surface area contributed by atoms with Crippen LogP contribution < -0.4 is 14.2 Å². The summed E-state index contributed by atoms with van der Waals surface area (Å²) in [6.45, 7) is 1.94. The normalized spacial score (nSPS) is 11.0. The number of aliphatic imine (C=N–C) groups is 1. The highest BCUT2D eigenvalue weighted by Crippen LogP contribution is 2.41. The van der Waals surface area contributed by atoms with Crippen molar-refractivity contribution in [1.82, 2.24) is 9.97 Å². The van der Waals surface area contributed by atoms with Gasteiger partial charge >= 0.3 is 5.95 Å². The molecular formula is C19H19N3O5. The van der Waals surface area contributed by atoms with E-state index in [-0.39, 0.29) is 17.5 Å². The first-order valence-electron chi connectivity index (χ1n) is 8.02. The molecule has 0 saturated heterocycles. The molecule has 2 aromatic heterocycles. The summed E-state index contributed by atoms with van der Waals surface area (Å²) in [6.07, 6.45) is 3.05. The number of nitrogens with zero attached hydrogens (tertiary/aromatic N) is 3. The summed E-state index contributed by atoms with van der Waals surface area (Å²) in [5.74, 6) is 1.69. The van der Waals surface area contributed by atoms with E-state index in [1.54, 1.807) is 18.3 Å². The zero-order valence-electron chi connectivity index (χ0n) is 15.4. The molecule has 0 atom stereocenters. The highest BCUT2D eigenvalue weighted by Gasteiger charge is 2.18. The monoisotopic (exact) mass is 369 g/mol. The minimum atomic E-state index is -0.352. The predicted octanol–water partition coefficient (Wildman–Crippen LogP) is 3.53. The lowest BCUT2D eigenvalue weighted by Crippen LogP contribution is -1.95. The van der Waals surface area contributed by atoms with Crippen molar-refractivity contribution in [2.75, 3.05) is 21.3 Å². The van der Waals surface area contributed by atoms with E-state index in [1.807, 2.05) is 19.1 Å². The summed E-state index contributed by atoms with van der Waals surface area (Å²) < 4.78 is 21.3. The van der Waals surface area contributed by atoms with Crippen LogP contribution in [0.25, 0.3) is 11.5 Å². The van der Waals surface area contributed by atoms with Crippen LogP contribution in [-0.4, -0.2) is 42.6 Å². The third kappa shape index (κ3) is 3.84. The number of oxazole rings is 1. The van der Waals surface area contributed by atoms with E-state index >= 15 is 0 Å². The molecule has 0 fully saturated rings. The molecule has 0 spiro atoms. The maximum Gasteiger partial charge on any atom is 0.312 e. The van der Waals surface area contributed by atoms with Crippen LogP contribution in [0.4, 0.5) is 5.82 Å². The van der Waals surface area contributed by atoms with E-state index < -0.39 is 0 Å². The average Bonchev–Trinajstić information content (AvgIpc) is 3.05. The number of hydrogen-bond donors (Lipinski definition) is 1. The molecule has 0 aliphatic heterocycles. The molecule has 1 N–H and O–H groups in total. The average molecular weight is 369 g/mol. The fraction of sp³-hybridized carbons (Fsp3) is 0.211. The van der Waals surface area contributed by atoms with Gasteiger partial charge in [-0.05, 0) is 36.8 Å². The maximum atomic E-state index is 10.1. The summed E-state index contributed by atoms with van der Waals surface area (Å²) >= 11 is 0. The number of methoxy groups -OCH3 is 3. The third-order valence-electron chi connectivity index (χ3n) is 3.77. The zero-order chi connectivity index (χ0) is 19.4. The molecule has 0 aliphatic rings. The fourth-order valence-electron chi connectivity index (χ4n) is 2.45. The fourth-order valence-corrected chi connectivity index (χ4v) is 2.45. The van der Waals surface area contributed by atoms with Crippen LogP contribution in [-0.2, 0) is 0 Å². The summed E-state index contributed by atoms with van der Waals surface area (Å²) in [5, 5.41) is 10.1. The SMILES string of the molecule is COc1cc(-c2nc(C=Nc3cc(C)ccn3)c(O)o2)cc(OC)c1OC. The second-order valence-corrected chi connectivity index (χ2v) is 5.57. The molecule has 2 heterocycles. The van der Waals surface area contributed by atoms with Crippen molar-refractivity contribution >= 4 is 12.0 Å². The molecule has 140 valence electrons. The van der Waals surface area contributed by atoms with Crippen LogP contribution in [0, 0.1) is 6.92 Å². The smallest absolute Gasteiger partial charge is 0.312 e. The first kappa shape index (κ1) is 18.2. The van der Waals surface area contributed by atoms with Gasteiger partial charge < -0.3 is 23.7 Å². The summed E-state index contributed by atoms with van der Waals surface area (Å²) in [6, 6.07) is 7.04. The minimum absolute atomic E-state index is 0.182. The van der Waals surface area contributed by atoms with Crippen molar-refractivity contribution in [3.8, 4) is 34.6 Å². The largest absolute Gasteiger partial charge is 0.493 e. The van der Waals surface area contributed by atoms with Crippen molar-refractivity contribution in [1.29, 1.82) is 0 Å². The van der Waals surface area contributed by atoms with Gasteiger partial charge in [0.1, 0.15) is 0 Å². The third-order valence-corrected chi connectivity index (χ3v) is 3.77. The number of aryl methyl sites for hydroxylation is 1. The Morgan fingerprint density at radius 2 is 1.78 bits per heavy atom. The highest BCUT2D eigenvalue weighted by atomic mass is 16.5. The first-order chi connectivity index (χ1) is 13.0. The van der Waals surface area contributed by atoms with E-state index in [0.29, 0.717) is 28.6 Å². The van der Waals surface area contributed by atoms with Crippen molar-refractivity contribution in [3.05, 3.63) is 41.7 Å². The van der Waals surface area contributed by atoms with Gasteiger partial charge in [0.15, 0.2) is 23.0 Å². The van der Waals surface area contributed by atoms with Crippen molar-refractivity contribution in [3.63, 3.8) is 0 Å². The predicted molar refractivity (Wildman–Crippen MR) is 99.5 cm³/mol. The van der Waals surface area contributed by atoms with Crippen LogP contribution >= 0.6 is 0 Å². The Kier molecular flexibility index (Phi) is 5.25. The van der Waals surface area contributed by atoms with Crippen molar-refractivity contribution < 1.29 is 23.7 Å². The number of hydrogen-bond acceptors (Lipinski definition) is 8.